The van der Waals surface area contributed by atoms with Gasteiger partial charge in [0.2, 0.25) is 0 Å². The molecule has 0 atom stereocenters. The number of fused-ring (bicyclic) bond motifs is 1. The van der Waals surface area contributed by atoms with Crippen molar-refractivity contribution < 1.29 is 4.42 Å². The van der Waals surface area contributed by atoms with Crippen molar-refractivity contribution in [1.29, 1.82) is 0 Å². The van der Waals surface area contributed by atoms with Crippen LogP contribution in [0.15, 0.2) is 22.8 Å². The van der Waals surface area contributed by atoms with Crippen LogP contribution in [0.1, 0.15) is 18.2 Å². The summed E-state index contributed by atoms with van der Waals surface area (Å²) in [5.74, 6) is 4.31. The molecule has 0 aliphatic carbocycles. The fraction of sp³-hybridized carbons (Fsp3) is 0.333. The van der Waals surface area contributed by atoms with Gasteiger partial charge >= 0.3 is 0 Å². The molecule has 0 unspecified atom stereocenters. The number of thioether (sulfide) groups is 1. The number of anilines is 1. The third-order valence-corrected chi connectivity index (χ3v) is 3.63. The van der Waals surface area contributed by atoms with E-state index in [9.17, 15) is 0 Å². The van der Waals surface area contributed by atoms with E-state index in [0.717, 1.165) is 35.3 Å². The number of hydrogen-bond donors (Lipinski definition) is 1. The first kappa shape index (κ1) is 10.7. The van der Waals surface area contributed by atoms with E-state index in [-0.39, 0.29) is 0 Å². The molecule has 0 bridgehead atoms. The first-order valence-corrected chi connectivity index (χ1v) is 6.79. The molecular formula is C12H13N3OS. The monoisotopic (exact) mass is 247 g/mol. The van der Waals surface area contributed by atoms with Crippen molar-refractivity contribution in [3.8, 4) is 11.6 Å². The number of aromatic nitrogens is 2. The maximum Gasteiger partial charge on any atom is 0.197 e. The van der Waals surface area contributed by atoms with Crippen molar-refractivity contribution in [2.24, 2.45) is 0 Å². The van der Waals surface area contributed by atoms with Crippen LogP contribution >= 0.6 is 11.8 Å². The molecule has 0 spiro atoms. The van der Waals surface area contributed by atoms with Gasteiger partial charge in [0, 0.05) is 23.6 Å². The summed E-state index contributed by atoms with van der Waals surface area (Å²) >= 11 is 1.88. The molecule has 0 saturated heterocycles. The molecule has 0 aromatic carbocycles. The minimum atomic E-state index is 0.673. The Labute approximate surface area is 104 Å². The molecule has 3 heterocycles. The third-order valence-electron chi connectivity index (χ3n) is 2.66. The van der Waals surface area contributed by atoms with Crippen molar-refractivity contribution in [2.45, 2.75) is 18.4 Å². The largest absolute Gasteiger partial charge is 0.461 e. The van der Waals surface area contributed by atoms with Gasteiger partial charge in [-0.05, 0) is 19.1 Å². The van der Waals surface area contributed by atoms with Gasteiger partial charge < -0.3 is 9.73 Å². The summed E-state index contributed by atoms with van der Waals surface area (Å²) in [5.41, 5.74) is 2.37. The molecule has 3 rings (SSSR count). The second-order valence-corrected chi connectivity index (χ2v) is 4.81. The van der Waals surface area contributed by atoms with Crippen LogP contribution in [-0.4, -0.2) is 16.5 Å². The number of nitrogens with zero attached hydrogens (tertiary/aromatic N) is 2. The van der Waals surface area contributed by atoms with E-state index in [1.165, 1.54) is 5.56 Å². The Hall–Kier alpha value is -1.49. The highest BCUT2D eigenvalue weighted by Gasteiger charge is 2.20. The van der Waals surface area contributed by atoms with Gasteiger partial charge in [0.1, 0.15) is 5.82 Å². The molecule has 1 aliphatic heterocycles. The van der Waals surface area contributed by atoms with Crippen molar-refractivity contribution >= 4 is 17.6 Å². The first-order valence-electron chi connectivity index (χ1n) is 5.63. The van der Waals surface area contributed by atoms with Gasteiger partial charge in [-0.1, -0.05) is 0 Å². The molecule has 2 aromatic rings. The Morgan fingerprint density at radius 3 is 3.12 bits per heavy atom. The zero-order chi connectivity index (χ0) is 11.7. The SMILES string of the molecule is CCNc1nc(-c2ccco2)nc2c1CSC2. The second-order valence-electron chi connectivity index (χ2n) is 3.82. The van der Waals surface area contributed by atoms with E-state index in [1.807, 2.05) is 23.9 Å². The summed E-state index contributed by atoms with van der Waals surface area (Å²) < 4.78 is 5.35. The lowest BCUT2D eigenvalue weighted by atomic mass is 10.2. The van der Waals surface area contributed by atoms with Crippen LogP contribution in [0.3, 0.4) is 0 Å². The average molecular weight is 247 g/mol. The van der Waals surface area contributed by atoms with E-state index < -0.39 is 0 Å². The first-order chi connectivity index (χ1) is 8.38. The van der Waals surface area contributed by atoms with Crippen LogP contribution in [0.4, 0.5) is 5.82 Å². The highest BCUT2D eigenvalue weighted by Crippen LogP contribution is 2.34. The lowest BCUT2D eigenvalue weighted by Crippen LogP contribution is -2.06. The zero-order valence-electron chi connectivity index (χ0n) is 9.56. The topological polar surface area (TPSA) is 51.0 Å². The van der Waals surface area contributed by atoms with Crippen molar-refractivity contribution in [3.63, 3.8) is 0 Å². The van der Waals surface area contributed by atoms with Gasteiger partial charge in [-0.3, -0.25) is 0 Å². The Kier molecular flexibility index (Phi) is 2.76. The Morgan fingerprint density at radius 1 is 1.41 bits per heavy atom. The number of hydrogen-bond acceptors (Lipinski definition) is 5. The van der Waals surface area contributed by atoms with E-state index in [1.54, 1.807) is 6.26 Å². The fourth-order valence-corrected chi connectivity index (χ4v) is 2.92. The molecule has 0 fully saturated rings. The Bertz CT molecular complexity index is 525. The summed E-state index contributed by atoms with van der Waals surface area (Å²) in [6.45, 7) is 2.94. The minimum Gasteiger partial charge on any atom is -0.461 e. The average Bonchev–Trinajstić information content (AvgIpc) is 3.00. The molecular weight excluding hydrogens is 234 g/mol. The predicted octanol–water partition coefficient (Wildman–Crippen LogP) is 2.92. The van der Waals surface area contributed by atoms with Gasteiger partial charge in [-0.2, -0.15) is 11.8 Å². The van der Waals surface area contributed by atoms with E-state index >= 15 is 0 Å². The van der Waals surface area contributed by atoms with Crippen molar-refractivity contribution in [3.05, 3.63) is 29.7 Å². The highest BCUT2D eigenvalue weighted by molar-refractivity contribution is 7.98. The normalized spacial score (nSPS) is 13.7. The highest BCUT2D eigenvalue weighted by atomic mass is 32.2. The Morgan fingerprint density at radius 2 is 2.35 bits per heavy atom. The van der Waals surface area contributed by atoms with Gasteiger partial charge in [-0.15, -0.1) is 0 Å². The van der Waals surface area contributed by atoms with Crippen LogP contribution in [0.2, 0.25) is 0 Å². The molecule has 0 saturated carbocycles. The van der Waals surface area contributed by atoms with E-state index in [4.69, 9.17) is 4.42 Å². The molecule has 5 heteroatoms. The Balaban J connectivity index is 2.09. The molecule has 1 N–H and O–H groups in total. The lowest BCUT2D eigenvalue weighted by molar-refractivity contribution is 0.577. The van der Waals surface area contributed by atoms with E-state index in [0.29, 0.717) is 5.82 Å². The van der Waals surface area contributed by atoms with Gasteiger partial charge in [0.15, 0.2) is 11.6 Å². The molecule has 0 radical (unpaired) electrons. The summed E-state index contributed by atoms with van der Waals surface area (Å²) in [5, 5.41) is 3.30. The summed E-state index contributed by atoms with van der Waals surface area (Å²) in [6, 6.07) is 3.74. The maximum absolute atomic E-state index is 5.35. The molecule has 1 aliphatic rings. The summed E-state index contributed by atoms with van der Waals surface area (Å²) in [4.78, 5) is 9.12. The maximum atomic E-state index is 5.35. The number of furan rings is 1. The summed E-state index contributed by atoms with van der Waals surface area (Å²) in [6.07, 6.45) is 1.65. The molecule has 0 amide bonds. The third kappa shape index (κ3) is 1.91. The van der Waals surface area contributed by atoms with Crippen LogP contribution in [0, 0.1) is 0 Å². The molecule has 2 aromatic heterocycles. The number of rotatable bonds is 3. The molecule has 4 nitrogen and oxygen atoms in total. The smallest absolute Gasteiger partial charge is 0.197 e. The van der Waals surface area contributed by atoms with Crippen LogP contribution in [0.25, 0.3) is 11.6 Å². The standard InChI is InChI=1S/C12H13N3OS/c1-2-13-11-8-6-17-7-9(8)14-12(15-11)10-4-3-5-16-10/h3-5H,2,6-7H2,1H3,(H,13,14,15). The van der Waals surface area contributed by atoms with Crippen LogP contribution in [0.5, 0.6) is 0 Å². The fourth-order valence-electron chi connectivity index (χ4n) is 1.88. The van der Waals surface area contributed by atoms with Gasteiger partial charge in [0.25, 0.3) is 0 Å². The van der Waals surface area contributed by atoms with Gasteiger partial charge in [0.05, 0.1) is 12.0 Å². The lowest BCUT2D eigenvalue weighted by Gasteiger charge is -2.09. The minimum absolute atomic E-state index is 0.673. The van der Waals surface area contributed by atoms with Gasteiger partial charge in [-0.25, -0.2) is 9.97 Å². The second kappa shape index (κ2) is 4.41. The zero-order valence-corrected chi connectivity index (χ0v) is 10.4. The van der Waals surface area contributed by atoms with Crippen molar-refractivity contribution in [1.82, 2.24) is 9.97 Å². The quantitative estimate of drug-likeness (QED) is 0.903. The van der Waals surface area contributed by atoms with Crippen LogP contribution in [-0.2, 0) is 11.5 Å². The van der Waals surface area contributed by atoms with E-state index in [2.05, 4.69) is 22.2 Å². The van der Waals surface area contributed by atoms with Crippen LogP contribution < -0.4 is 5.32 Å². The molecule has 88 valence electrons. The number of nitrogens with one attached hydrogen (secondary N) is 1. The molecule has 17 heavy (non-hydrogen) atoms. The summed E-state index contributed by atoms with van der Waals surface area (Å²) in [7, 11) is 0. The predicted molar refractivity (Wildman–Crippen MR) is 68.9 cm³/mol. The van der Waals surface area contributed by atoms with Crippen molar-refractivity contribution in [2.75, 3.05) is 11.9 Å².